The Morgan fingerprint density at radius 1 is 0.458 bits per heavy atom. The van der Waals surface area contributed by atoms with Crippen LogP contribution >= 0.6 is 0 Å². The molecule has 10 rings (SSSR count). The number of rotatable bonds is 3. The fourth-order valence-corrected chi connectivity index (χ4v) is 10.4. The van der Waals surface area contributed by atoms with Crippen molar-refractivity contribution in [1.82, 2.24) is 15.0 Å². The first-order chi connectivity index (χ1) is 23.5. The summed E-state index contributed by atoms with van der Waals surface area (Å²) in [6.45, 7) is 4.63. The Labute approximate surface area is 284 Å². The van der Waals surface area contributed by atoms with E-state index in [1.807, 2.05) is 18.2 Å². The molecule has 1 aliphatic rings. The van der Waals surface area contributed by atoms with Gasteiger partial charge in [0.2, 0.25) is 0 Å². The summed E-state index contributed by atoms with van der Waals surface area (Å²) < 4.78 is 2.92. The van der Waals surface area contributed by atoms with Crippen molar-refractivity contribution in [1.29, 1.82) is 0 Å². The Bertz CT molecular complexity index is 2760. The molecule has 0 saturated heterocycles. The van der Waals surface area contributed by atoms with Crippen LogP contribution in [0.2, 0.25) is 0 Å². The fraction of sp³-hybridized carbons (Fsp3) is 0.0682. The summed E-state index contributed by atoms with van der Waals surface area (Å²) in [6, 6.07) is 50.2. The van der Waals surface area contributed by atoms with E-state index in [1.54, 1.807) is 0 Å². The Morgan fingerprint density at radius 2 is 1.12 bits per heavy atom. The Hall–Kier alpha value is -5.41. The van der Waals surface area contributed by atoms with Gasteiger partial charge in [0.25, 0.3) is 0 Å². The minimum atomic E-state index is -0.115. The molecule has 0 amide bonds. The first-order valence-electron chi connectivity index (χ1n) is 16.4. The van der Waals surface area contributed by atoms with Gasteiger partial charge in [-0.3, -0.25) is 0 Å². The van der Waals surface area contributed by atoms with E-state index in [2.05, 4.69) is 135 Å². The number of hydrogen-bond acceptors (Lipinski definition) is 3. The second-order valence-electron chi connectivity index (χ2n) is 13.2. The molecule has 48 heavy (non-hydrogen) atoms. The molecule has 0 unspecified atom stereocenters. The van der Waals surface area contributed by atoms with Crippen LogP contribution in [0.25, 0.3) is 86.1 Å². The molecule has 9 aromatic rings. The molecule has 0 saturated carbocycles. The maximum absolute atomic E-state index is 5.27. The predicted molar refractivity (Wildman–Crippen MR) is 201 cm³/mol. The number of hydrogen-bond donors (Lipinski definition) is 0. The second kappa shape index (κ2) is 10.3. The SMILES string of the molecule is CC1(C)c2ccccc2-c2ccc(-c3nc(-c4ccccc4)nc(-c4cc5ccc6c7ccccc7[se]c6c5c5ccccc45)n3)cc21. The van der Waals surface area contributed by atoms with Crippen LogP contribution in [0, 0.1) is 0 Å². The van der Waals surface area contributed by atoms with Gasteiger partial charge in [0.05, 0.1) is 0 Å². The van der Waals surface area contributed by atoms with Crippen LogP contribution in [0.1, 0.15) is 25.0 Å². The molecule has 2 aromatic heterocycles. The van der Waals surface area contributed by atoms with Crippen molar-refractivity contribution in [3.63, 3.8) is 0 Å². The van der Waals surface area contributed by atoms with E-state index in [4.69, 9.17) is 15.0 Å². The van der Waals surface area contributed by atoms with E-state index in [-0.39, 0.29) is 19.9 Å². The van der Waals surface area contributed by atoms with E-state index >= 15 is 0 Å². The molecule has 1 aliphatic carbocycles. The van der Waals surface area contributed by atoms with Gasteiger partial charge in [-0.25, -0.2) is 0 Å². The molecular weight excluding hydrogens is 649 g/mol. The number of aromatic nitrogens is 3. The topological polar surface area (TPSA) is 38.7 Å². The zero-order valence-electron chi connectivity index (χ0n) is 26.5. The van der Waals surface area contributed by atoms with Gasteiger partial charge in [0, 0.05) is 0 Å². The Morgan fingerprint density at radius 3 is 1.98 bits per heavy atom. The molecule has 0 atom stereocenters. The molecular formula is C44H29N3Se. The van der Waals surface area contributed by atoms with Crippen LogP contribution in [0.5, 0.6) is 0 Å². The van der Waals surface area contributed by atoms with Gasteiger partial charge in [0.1, 0.15) is 0 Å². The number of benzene rings is 7. The van der Waals surface area contributed by atoms with Crippen LogP contribution < -0.4 is 0 Å². The molecule has 0 radical (unpaired) electrons. The van der Waals surface area contributed by atoms with Crippen molar-refractivity contribution in [2.24, 2.45) is 0 Å². The molecule has 0 fully saturated rings. The van der Waals surface area contributed by atoms with E-state index in [0.717, 1.165) is 22.1 Å². The van der Waals surface area contributed by atoms with E-state index in [0.29, 0.717) is 17.5 Å². The first-order valence-corrected chi connectivity index (χ1v) is 18.1. The fourth-order valence-electron chi connectivity index (χ4n) is 7.74. The van der Waals surface area contributed by atoms with Gasteiger partial charge in [-0.15, -0.1) is 0 Å². The molecule has 2 heterocycles. The van der Waals surface area contributed by atoms with Gasteiger partial charge >= 0.3 is 236 Å². The summed E-state index contributed by atoms with van der Waals surface area (Å²) in [4.78, 5) is 15.6. The van der Waals surface area contributed by atoms with Gasteiger partial charge < -0.3 is 0 Å². The van der Waals surface area contributed by atoms with Gasteiger partial charge in [-0.2, -0.15) is 0 Å². The zero-order chi connectivity index (χ0) is 32.0. The third-order valence-corrected chi connectivity index (χ3v) is 12.6. The number of nitrogens with zero attached hydrogens (tertiary/aromatic N) is 3. The van der Waals surface area contributed by atoms with Gasteiger partial charge in [-0.05, 0) is 11.1 Å². The molecule has 0 spiro atoms. The molecule has 4 heteroatoms. The Balaban J connectivity index is 1.23. The van der Waals surface area contributed by atoms with Crippen molar-refractivity contribution in [2.45, 2.75) is 19.3 Å². The zero-order valence-corrected chi connectivity index (χ0v) is 28.2. The third-order valence-electron chi connectivity index (χ3n) is 10.1. The van der Waals surface area contributed by atoms with Crippen molar-refractivity contribution < 1.29 is 0 Å². The standard InChI is InChI=1S/C44H29N3Se/c1-44(2)36-18-10-8-15-30(36)31-22-21-28(25-37(31)44)42-45-41(26-12-4-3-5-13-26)46-43(47-42)35-24-27-20-23-34-32-16-9-11-19-38(32)48-40(34)39(27)33-17-7-6-14-29(33)35/h3-25H,1-2H3. The van der Waals surface area contributed by atoms with Crippen molar-refractivity contribution in [3.05, 3.63) is 151 Å². The van der Waals surface area contributed by atoms with Crippen LogP contribution in [-0.4, -0.2) is 29.5 Å². The molecule has 226 valence electrons. The van der Waals surface area contributed by atoms with Crippen molar-refractivity contribution >= 4 is 55.3 Å². The summed E-state index contributed by atoms with van der Waals surface area (Å²) in [5.41, 5.74) is 8.14. The third kappa shape index (κ3) is 4.03. The van der Waals surface area contributed by atoms with Crippen molar-refractivity contribution in [3.8, 4) is 45.3 Å². The molecule has 0 bridgehead atoms. The predicted octanol–water partition coefficient (Wildman–Crippen LogP) is 10.8. The summed E-state index contributed by atoms with van der Waals surface area (Å²) >= 11 is 0.248. The molecule has 0 N–H and O–H groups in total. The quantitative estimate of drug-likeness (QED) is 0.138. The van der Waals surface area contributed by atoms with Crippen LogP contribution in [0.4, 0.5) is 0 Å². The summed E-state index contributed by atoms with van der Waals surface area (Å²) in [7, 11) is 0. The average molecular weight is 679 g/mol. The van der Waals surface area contributed by atoms with Crippen molar-refractivity contribution in [2.75, 3.05) is 0 Å². The van der Waals surface area contributed by atoms with Crippen LogP contribution in [-0.2, 0) is 5.41 Å². The monoisotopic (exact) mass is 679 g/mol. The summed E-state index contributed by atoms with van der Waals surface area (Å²) in [6.07, 6.45) is 0. The molecule has 7 aromatic carbocycles. The molecule has 0 aliphatic heterocycles. The summed E-state index contributed by atoms with van der Waals surface area (Å²) in [5.74, 6) is 2.05. The maximum atomic E-state index is 5.27. The van der Waals surface area contributed by atoms with Gasteiger partial charge in [-0.1, -0.05) is 38.1 Å². The first kappa shape index (κ1) is 27.7. The van der Waals surface area contributed by atoms with E-state index < -0.39 is 0 Å². The second-order valence-corrected chi connectivity index (χ2v) is 15.4. The summed E-state index contributed by atoms with van der Waals surface area (Å²) in [5, 5.41) is 7.71. The van der Waals surface area contributed by atoms with Gasteiger partial charge in [0.15, 0.2) is 0 Å². The minimum absolute atomic E-state index is 0.115. The van der Waals surface area contributed by atoms with Crippen LogP contribution in [0.3, 0.4) is 0 Å². The normalized spacial score (nSPS) is 13.4. The van der Waals surface area contributed by atoms with E-state index in [9.17, 15) is 0 Å². The molecule has 3 nitrogen and oxygen atoms in total. The van der Waals surface area contributed by atoms with E-state index in [1.165, 1.54) is 57.7 Å². The average Bonchev–Trinajstić information content (AvgIpc) is 3.63. The van der Waals surface area contributed by atoms with Crippen LogP contribution in [0.15, 0.2) is 140 Å². The number of fused-ring (bicyclic) bond motifs is 10. The Kier molecular flexibility index (Phi) is 5.94.